The quantitative estimate of drug-likeness (QED) is 0.499. The van der Waals surface area contributed by atoms with Gasteiger partial charge in [-0.2, -0.15) is 13.2 Å². The third-order valence-corrected chi connectivity index (χ3v) is 8.57. The van der Waals surface area contributed by atoms with Gasteiger partial charge in [-0.25, -0.2) is 0 Å². The molecule has 3 heterocycles. The van der Waals surface area contributed by atoms with Gasteiger partial charge in [0.25, 0.3) is 5.91 Å². The summed E-state index contributed by atoms with van der Waals surface area (Å²) in [5.41, 5.74) is 3.97. The van der Waals surface area contributed by atoms with Gasteiger partial charge in [-0.3, -0.25) is 24.3 Å². The Kier molecular flexibility index (Phi) is 7.58. The summed E-state index contributed by atoms with van der Waals surface area (Å²) in [6.07, 6.45) is 1.01. The number of benzene rings is 1. The van der Waals surface area contributed by atoms with E-state index in [-0.39, 0.29) is 36.1 Å². The number of pyridine rings is 1. The molecule has 40 heavy (non-hydrogen) atoms. The fourth-order valence-corrected chi connectivity index (χ4v) is 6.46. The molecule has 1 saturated carbocycles. The number of carbonyl (C=O) groups is 3. The first-order chi connectivity index (χ1) is 19.0. The molecule has 0 spiro atoms. The van der Waals surface area contributed by atoms with Gasteiger partial charge in [-0.1, -0.05) is 6.07 Å². The Hall–Kier alpha value is -3.51. The normalized spacial score (nSPS) is 26.9. The first-order valence-corrected chi connectivity index (χ1v) is 13.5. The number of halogens is 3. The van der Waals surface area contributed by atoms with E-state index < -0.39 is 29.2 Å². The van der Waals surface area contributed by atoms with Gasteiger partial charge in [0.1, 0.15) is 5.60 Å². The van der Waals surface area contributed by atoms with E-state index in [2.05, 4.69) is 15.2 Å². The summed E-state index contributed by atoms with van der Waals surface area (Å²) in [6.45, 7) is 1.09. The highest BCUT2D eigenvalue weighted by atomic mass is 19.4. The van der Waals surface area contributed by atoms with Gasteiger partial charge >= 0.3 is 6.18 Å². The van der Waals surface area contributed by atoms with Gasteiger partial charge < -0.3 is 21.1 Å². The number of alkyl halides is 3. The Labute approximate surface area is 229 Å². The number of amides is 3. The van der Waals surface area contributed by atoms with Crippen LogP contribution in [-0.4, -0.2) is 75.4 Å². The van der Waals surface area contributed by atoms with E-state index in [1.807, 2.05) is 0 Å². The van der Waals surface area contributed by atoms with E-state index in [9.17, 15) is 32.7 Å². The number of hydrogen-bond donors (Lipinski definition) is 3. The molecule has 5 rings (SSSR count). The van der Waals surface area contributed by atoms with Crippen molar-refractivity contribution in [2.45, 2.75) is 68.4 Å². The Morgan fingerprint density at radius 2 is 1.75 bits per heavy atom. The SMILES string of the molecule is NC(=O)c1ccc(C2(O)CCC(N3CCC4C3CCN4C(=O)CNC(=O)c3cccc(C(F)(F)F)c3)CC2)nc1. The number of aromatic nitrogens is 1. The summed E-state index contributed by atoms with van der Waals surface area (Å²) in [5.74, 6) is -1.55. The van der Waals surface area contributed by atoms with Crippen LogP contribution < -0.4 is 11.1 Å². The van der Waals surface area contributed by atoms with E-state index in [1.165, 1.54) is 18.3 Å². The largest absolute Gasteiger partial charge is 0.416 e. The highest BCUT2D eigenvalue weighted by Crippen LogP contribution is 2.42. The number of likely N-dealkylation sites (tertiary alicyclic amines) is 2. The zero-order valence-corrected chi connectivity index (χ0v) is 21.9. The molecule has 4 N–H and O–H groups in total. The van der Waals surface area contributed by atoms with Gasteiger partial charge in [-0.05, 0) is 68.9 Å². The van der Waals surface area contributed by atoms with Crippen LogP contribution in [0.2, 0.25) is 0 Å². The maximum absolute atomic E-state index is 13.0. The standard InChI is InChI=1S/C28H32F3N5O4/c29-28(30,31)19-3-1-2-17(14-19)26(39)34-16-24(37)36-13-9-21-22(36)8-12-35(21)20-6-10-27(40,11-7-20)23-5-4-18(15-33-23)25(32)38/h1-5,14-15,20-22,40H,6-13,16H2,(H2,32,38)(H,34,39). The van der Waals surface area contributed by atoms with Crippen molar-refractivity contribution in [1.82, 2.24) is 20.1 Å². The van der Waals surface area contributed by atoms with Crippen LogP contribution in [0.1, 0.15) is 70.5 Å². The van der Waals surface area contributed by atoms with Crippen molar-refractivity contribution in [3.05, 3.63) is 65.0 Å². The first-order valence-electron chi connectivity index (χ1n) is 13.5. The molecule has 3 fully saturated rings. The lowest BCUT2D eigenvalue weighted by Crippen LogP contribution is -2.47. The number of primary amides is 1. The highest BCUT2D eigenvalue weighted by Gasteiger charge is 2.48. The second-order valence-corrected chi connectivity index (χ2v) is 10.9. The summed E-state index contributed by atoms with van der Waals surface area (Å²) in [4.78, 5) is 45.2. The minimum Gasteiger partial charge on any atom is -0.384 e. The van der Waals surface area contributed by atoms with Crippen LogP contribution in [0.4, 0.5) is 13.2 Å². The molecule has 0 radical (unpaired) electrons. The van der Waals surface area contributed by atoms with Crippen molar-refractivity contribution in [3.8, 4) is 0 Å². The number of rotatable bonds is 6. The second kappa shape index (κ2) is 10.8. The summed E-state index contributed by atoms with van der Waals surface area (Å²) in [7, 11) is 0. The Morgan fingerprint density at radius 3 is 2.40 bits per heavy atom. The van der Waals surface area contributed by atoms with Crippen LogP contribution in [0.5, 0.6) is 0 Å². The van der Waals surface area contributed by atoms with Crippen LogP contribution >= 0.6 is 0 Å². The summed E-state index contributed by atoms with van der Waals surface area (Å²) >= 11 is 0. The first kappa shape index (κ1) is 28.0. The minimum absolute atomic E-state index is 0.0155. The molecule has 2 unspecified atom stereocenters. The van der Waals surface area contributed by atoms with Crippen molar-refractivity contribution in [2.24, 2.45) is 5.73 Å². The van der Waals surface area contributed by atoms with Crippen LogP contribution in [0, 0.1) is 0 Å². The van der Waals surface area contributed by atoms with Gasteiger partial charge in [0.2, 0.25) is 11.8 Å². The third-order valence-electron chi connectivity index (χ3n) is 8.57. The molecule has 2 aromatic rings. The predicted octanol–water partition coefficient (Wildman–Crippen LogP) is 2.43. The lowest BCUT2D eigenvalue weighted by molar-refractivity contribution is -0.137. The molecule has 3 amide bonds. The van der Waals surface area contributed by atoms with Gasteiger partial charge in [0, 0.05) is 43.0 Å². The summed E-state index contributed by atoms with van der Waals surface area (Å²) < 4.78 is 38.9. The predicted molar refractivity (Wildman–Crippen MR) is 138 cm³/mol. The van der Waals surface area contributed by atoms with Crippen LogP contribution in [-0.2, 0) is 16.6 Å². The monoisotopic (exact) mass is 559 g/mol. The molecule has 2 aliphatic heterocycles. The molecule has 2 atom stereocenters. The van der Waals surface area contributed by atoms with E-state index in [0.29, 0.717) is 30.6 Å². The number of nitrogens with two attached hydrogens (primary N) is 1. The molecule has 1 aliphatic carbocycles. The van der Waals surface area contributed by atoms with Crippen molar-refractivity contribution in [2.75, 3.05) is 19.6 Å². The third kappa shape index (κ3) is 5.55. The molecule has 3 aliphatic rings. The zero-order valence-electron chi connectivity index (χ0n) is 21.9. The Bertz CT molecular complexity index is 1280. The summed E-state index contributed by atoms with van der Waals surface area (Å²) in [6, 6.07) is 7.81. The fraction of sp³-hybridized carbons (Fsp3) is 0.500. The van der Waals surface area contributed by atoms with Gasteiger partial charge in [-0.15, -0.1) is 0 Å². The number of nitrogens with zero attached hydrogens (tertiary/aromatic N) is 3. The average molecular weight is 560 g/mol. The topological polar surface area (TPSA) is 129 Å². The lowest BCUT2D eigenvalue weighted by Gasteiger charge is -2.41. The second-order valence-electron chi connectivity index (χ2n) is 10.9. The number of nitrogens with one attached hydrogen (secondary N) is 1. The minimum atomic E-state index is -4.56. The molecule has 1 aromatic heterocycles. The maximum Gasteiger partial charge on any atom is 0.416 e. The molecule has 214 valence electrons. The smallest absolute Gasteiger partial charge is 0.384 e. The molecule has 1 aromatic carbocycles. The average Bonchev–Trinajstić information content (AvgIpc) is 3.54. The van der Waals surface area contributed by atoms with E-state index >= 15 is 0 Å². The van der Waals surface area contributed by atoms with E-state index in [1.54, 1.807) is 17.0 Å². The molecular weight excluding hydrogens is 527 g/mol. The van der Waals surface area contributed by atoms with Crippen molar-refractivity contribution < 1.29 is 32.7 Å². The van der Waals surface area contributed by atoms with Crippen molar-refractivity contribution in [1.29, 1.82) is 0 Å². The molecule has 2 saturated heterocycles. The van der Waals surface area contributed by atoms with E-state index in [0.717, 1.165) is 44.4 Å². The number of fused-ring (bicyclic) bond motifs is 1. The maximum atomic E-state index is 13.0. The summed E-state index contributed by atoms with van der Waals surface area (Å²) in [5, 5.41) is 13.7. The van der Waals surface area contributed by atoms with Crippen LogP contribution in [0.15, 0.2) is 42.6 Å². The number of hydrogen-bond acceptors (Lipinski definition) is 6. The zero-order chi connectivity index (χ0) is 28.7. The van der Waals surface area contributed by atoms with Crippen LogP contribution in [0.25, 0.3) is 0 Å². The molecular formula is C28H32F3N5O4. The molecule has 0 bridgehead atoms. The number of aliphatic hydroxyl groups is 1. The van der Waals surface area contributed by atoms with Gasteiger partial charge in [0.05, 0.1) is 23.4 Å². The Morgan fingerprint density at radius 1 is 1.02 bits per heavy atom. The lowest BCUT2D eigenvalue weighted by atomic mass is 9.79. The van der Waals surface area contributed by atoms with Crippen molar-refractivity contribution in [3.63, 3.8) is 0 Å². The highest BCUT2D eigenvalue weighted by molar-refractivity contribution is 5.96. The number of carbonyl (C=O) groups excluding carboxylic acids is 3. The van der Waals surface area contributed by atoms with Crippen LogP contribution in [0.3, 0.4) is 0 Å². The molecule has 12 heteroatoms. The fourth-order valence-electron chi connectivity index (χ4n) is 6.46. The molecule has 9 nitrogen and oxygen atoms in total. The Balaban J connectivity index is 1.14. The van der Waals surface area contributed by atoms with Crippen molar-refractivity contribution >= 4 is 17.7 Å². The van der Waals surface area contributed by atoms with E-state index in [4.69, 9.17) is 5.73 Å². The van der Waals surface area contributed by atoms with Gasteiger partial charge in [0.15, 0.2) is 0 Å².